The lowest BCUT2D eigenvalue weighted by molar-refractivity contribution is 0.143. The summed E-state index contributed by atoms with van der Waals surface area (Å²) in [7, 11) is 3.98. The Bertz CT molecular complexity index is 1320. The van der Waals surface area contributed by atoms with Gasteiger partial charge in [0.15, 0.2) is 5.65 Å². The van der Waals surface area contributed by atoms with Crippen molar-refractivity contribution in [1.29, 1.82) is 5.26 Å². The Kier molecular flexibility index (Phi) is 5.19. The minimum Gasteiger partial charge on any atom is -0.301 e. The molecule has 2 fully saturated rings. The third-order valence-corrected chi connectivity index (χ3v) is 7.11. The third-order valence-electron chi connectivity index (χ3n) is 7.11. The zero-order valence-electron chi connectivity index (χ0n) is 20.2. The van der Waals surface area contributed by atoms with Gasteiger partial charge in [-0.05, 0) is 48.7 Å². The van der Waals surface area contributed by atoms with E-state index in [9.17, 15) is 10.1 Å². The molecule has 172 valence electrons. The van der Waals surface area contributed by atoms with Gasteiger partial charge in [0, 0.05) is 50.9 Å². The van der Waals surface area contributed by atoms with Crippen LogP contribution < -0.4 is 5.69 Å². The molecule has 0 aliphatic carbocycles. The van der Waals surface area contributed by atoms with E-state index in [0.29, 0.717) is 29.8 Å². The van der Waals surface area contributed by atoms with Crippen LogP contribution in [0, 0.1) is 16.7 Å². The summed E-state index contributed by atoms with van der Waals surface area (Å²) in [6.07, 6.45) is 1.25. The molecule has 0 radical (unpaired) electrons. The molecule has 0 unspecified atom stereocenters. The Morgan fingerprint density at radius 2 is 1.91 bits per heavy atom. The van der Waals surface area contributed by atoms with Crippen molar-refractivity contribution in [2.75, 3.05) is 20.1 Å². The first kappa shape index (κ1) is 21.9. The molecule has 3 aromatic rings. The number of piperazine rings is 1. The molecule has 4 heterocycles. The van der Waals surface area contributed by atoms with Gasteiger partial charge < -0.3 is 4.90 Å². The van der Waals surface area contributed by atoms with E-state index in [4.69, 9.17) is 4.98 Å². The third kappa shape index (κ3) is 3.88. The van der Waals surface area contributed by atoms with Crippen LogP contribution >= 0.6 is 0 Å². The Labute approximate surface area is 194 Å². The number of fused-ring (bicyclic) bond motifs is 3. The summed E-state index contributed by atoms with van der Waals surface area (Å²) in [5.41, 5.74) is 4.74. The second-order valence-electron chi connectivity index (χ2n) is 10.9. The van der Waals surface area contributed by atoms with Crippen molar-refractivity contribution in [2.24, 2.45) is 12.5 Å². The number of imidazole rings is 1. The average Bonchev–Trinajstić information content (AvgIpc) is 3.40. The van der Waals surface area contributed by atoms with E-state index in [0.717, 1.165) is 36.4 Å². The number of rotatable bonds is 4. The summed E-state index contributed by atoms with van der Waals surface area (Å²) in [5.74, 6) is 0. The summed E-state index contributed by atoms with van der Waals surface area (Å²) in [6.45, 7) is 10.1. The molecule has 33 heavy (non-hydrogen) atoms. The van der Waals surface area contributed by atoms with Crippen LogP contribution in [0.2, 0.25) is 0 Å². The van der Waals surface area contributed by atoms with Gasteiger partial charge in [-0.15, -0.1) is 0 Å². The molecule has 1 aromatic carbocycles. The smallest absolute Gasteiger partial charge is 0.301 e. The highest BCUT2D eigenvalue weighted by atomic mass is 16.1. The van der Waals surface area contributed by atoms with Crippen LogP contribution in [-0.2, 0) is 20.1 Å². The Balaban J connectivity index is 1.51. The lowest BCUT2D eigenvalue weighted by atomic mass is 9.97. The first-order valence-electron chi connectivity index (χ1n) is 11.7. The molecule has 7 nitrogen and oxygen atoms in total. The number of aromatic nitrogens is 3. The predicted octanol–water partition coefficient (Wildman–Crippen LogP) is 3.21. The molecule has 0 spiro atoms. The van der Waals surface area contributed by atoms with Crippen molar-refractivity contribution in [3.05, 3.63) is 51.9 Å². The normalized spacial score (nSPS) is 21.2. The zero-order valence-corrected chi connectivity index (χ0v) is 20.2. The molecule has 2 aliphatic heterocycles. The summed E-state index contributed by atoms with van der Waals surface area (Å²) >= 11 is 0. The molecule has 0 saturated carbocycles. The molecule has 2 saturated heterocycles. The van der Waals surface area contributed by atoms with Crippen LogP contribution in [0.15, 0.2) is 35.1 Å². The molecular formula is C26H32N6O. The van der Waals surface area contributed by atoms with Gasteiger partial charge in [0.1, 0.15) is 0 Å². The van der Waals surface area contributed by atoms with Gasteiger partial charge in [-0.1, -0.05) is 26.8 Å². The fourth-order valence-corrected chi connectivity index (χ4v) is 5.43. The maximum absolute atomic E-state index is 12.9. The number of pyridine rings is 1. The molecule has 2 aliphatic rings. The molecule has 2 bridgehead atoms. The Morgan fingerprint density at radius 3 is 2.55 bits per heavy atom. The van der Waals surface area contributed by atoms with E-state index in [1.807, 2.05) is 18.2 Å². The topological polar surface area (TPSA) is 70.1 Å². The molecule has 5 rings (SSSR count). The second kappa shape index (κ2) is 7.82. The van der Waals surface area contributed by atoms with Crippen molar-refractivity contribution in [2.45, 2.75) is 52.4 Å². The van der Waals surface area contributed by atoms with Crippen LogP contribution in [0.1, 0.15) is 38.3 Å². The predicted molar refractivity (Wildman–Crippen MR) is 130 cm³/mol. The maximum Gasteiger partial charge on any atom is 0.330 e. The number of aryl methyl sites for hydroxylation is 1. The number of likely N-dealkylation sites (tertiary alicyclic amines) is 2. The quantitative estimate of drug-likeness (QED) is 0.618. The molecular weight excluding hydrogens is 412 g/mol. The summed E-state index contributed by atoms with van der Waals surface area (Å²) in [4.78, 5) is 22.8. The highest BCUT2D eigenvalue weighted by Gasteiger charge is 2.41. The number of nitriles is 1. The van der Waals surface area contributed by atoms with Gasteiger partial charge >= 0.3 is 5.69 Å². The van der Waals surface area contributed by atoms with E-state index in [2.05, 4.69) is 55.8 Å². The lowest BCUT2D eigenvalue weighted by Gasteiger charge is -2.32. The monoisotopic (exact) mass is 444 g/mol. The number of likely N-dealkylation sites (N-methyl/N-ethyl adjacent to an activating group) is 1. The molecule has 0 N–H and O–H groups in total. The van der Waals surface area contributed by atoms with Crippen LogP contribution in [0.25, 0.3) is 22.4 Å². The van der Waals surface area contributed by atoms with Crippen molar-refractivity contribution in [1.82, 2.24) is 23.9 Å². The minimum atomic E-state index is -0.0621. The van der Waals surface area contributed by atoms with E-state index in [1.165, 1.54) is 12.0 Å². The Hall–Kier alpha value is -2.95. The Morgan fingerprint density at radius 1 is 1.12 bits per heavy atom. The van der Waals surface area contributed by atoms with Crippen LogP contribution in [0.3, 0.4) is 0 Å². The van der Waals surface area contributed by atoms with E-state index in [1.54, 1.807) is 16.2 Å². The number of hydrogen-bond donors (Lipinski definition) is 0. The summed E-state index contributed by atoms with van der Waals surface area (Å²) in [6, 6.07) is 13.6. The number of nitrogens with zero attached hydrogens (tertiary/aromatic N) is 6. The van der Waals surface area contributed by atoms with Crippen molar-refractivity contribution >= 4 is 11.2 Å². The van der Waals surface area contributed by atoms with Crippen molar-refractivity contribution < 1.29 is 0 Å². The van der Waals surface area contributed by atoms with E-state index in [-0.39, 0.29) is 11.1 Å². The van der Waals surface area contributed by atoms with Gasteiger partial charge in [-0.25, -0.2) is 9.78 Å². The standard InChI is InChI=1S/C26H32N6O/c1-26(2,3)16-32-23-9-8-22(28-24(23)30(5)25(32)33)21-10-17(6-7-18(21)12-27)13-31-15-19-11-20(31)14-29(19)4/h6-10,19-20H,11,13-16H2,1-5H3/t19-,20-/m0/s1. The van der Waals surface area contributed by atoms with Crippen molar-refractivity contribution in [3.63, 3.8) is 0 Å². The second-order valence-corrected chi connectivity index (χ2v) is 10.9. The maximum atomic E-state index is 12.9. The van der Waals surface area contributed by atoms with E-state index >= 15 is 0 Å². The lowest BCUT2D eigenvalue weighted by Crippen LogP contribution is -2.43. The molecule has 0 amide bonds. The van der Waals surface area contributed by atoms with Gasteiger partial charge in [0.05, 0.1) is 22.8 Å². The van der Waals surface area contributed by atoms with E-state index < -0.39 is 0 Å². The van der Waals surface area contributed by atoms with Gasteiger partial charge in [0.2, 0.25) is 0 Å². The van der Waals surface area contributed by atoms with Crippen LogP contribution in [0.5, 0.6) is 0 Å². The summed E-state index contributed by atoms with van der Waals surface area (Å²) < 4.78 is 3.41. The van der Waals surface area contributed by atoms with Crippen LogP contribution in [-0.4, -0.2) is 56.1 Å². The molecule has 7 heteroatoms. The SMILES string of the molecule is CN1C[C@@H]2C[C@H]1CN2Cc1ccc(C#N)c(-c2ccc3c(n2)n(C)c(=O)n3CC(C)(C)C)c1. The van der Waals surface area contributed by atoms with Gasteiger partial charge in [-0.2, -0.15) is 5.26 Å². The molecule has 2 atom stereocenters. The largest absolute Gasteiger partial charge is 0.330 e. The fourth-order valence-electron chi connectivity index (χ4n) is 5.43. The van der Waals surface area contributed by atoms with Crippen molar-refractivity contribution in [3.8, 4) is 17.3 Å². The van der Waals surface area contributed by atoms with Gasteiger partial charge in [-0.3, -0.25) is 14.0 Å². The van der Waals surface area contributed by atoms with Crippen LogP contribution in [0.4, 0.5) is 0 Å². The summed E-state index contributed by atoms with van der Waals surface area (Å²) in [5, 5.41) is 9.76. The first-order valence-corrected chi connectivity index (χ1v) is 11.7. The van der Waals surface area contributed by atoms with Gasteiger partial charge in [0.25, 0.3) is 0 Å². The molecule has 2 aromatic heterocycles. The highest BCUT2D eigenvalue weighted by molar-refractivity contribution is 5.78. The zero-order chi connectivity index (χ0) is 23.5. The highest BCUT2D eigenvalue weighted by Crippen LogP contribution is 2.32. The number of benzene rings is 1. The minimum absolute atomic E-state index is 0.0249. The fraction of sp³-hybridized carbons (Fsp3) is 0.500. The average molecular weight is 445 g/mol. The first-order chi connectivity index (χ1) is 15.6. The number of hydrogen-bond acceptors (Lipinski definition) is 5.